The molecule has 0 radical (unpaired) electrons. The molecule has 3 heterocycles. The highest BCUT2D eigenvalue weighted by Crippen LogP contribution is 2.30. The van der Waals surface area contributed by atoms with Gasteiger partial charge in [-0.2, -0.15) is 5.10 Å². The number of hydrogen-bond donors (Lipinski definition) is 1. The number of benzene rings is 2. The van der Waals surface area contributed by atoms with Gasteiger partial charge in [-0.15, -0.1) is 0 Å². The van der Waals surface area contributed by atoms with Gasteiger partial charge in [-0.3, -0.25) is 9.48 Å². The molecule has 0 saturated heterocycles. The number of nitrogens with one attached hydrogen (secondary N) is 1. The van der Waals surface area contributed by atoms with Crippen molar-refractivity contribution in [3.05, 3.63) is 72.3 Å². The molecule has 1 aliphatic heterocycles. The van der Waals surface area contributed by atoms with Crippen LogP contribution in [-0.4, -0.2) is 32.3 Å². The van der Waals surface area contributed by atoms with Gasteiger partial charge in [-0.25, -0.2) is 4.98 Å². The van der Waals surface area contributed by atoms with E-state index in [4.69, 9.17) is 9.72 Å². The second-order valence-corrected chi connectivity index (χ2v) is 7.96. The molecule has 32 heavy (non-hydrogen) atoms. The quantitative estimate of drug-likeness (QED) is 0.507. The first-order chi connectivity index (χ1) is 15.6. The van der Waals surface area contributed by atoms with E-state index in [1.54, 1.807) is 24.9 Å². The van der Waals surface area contributed by atoms with Gasteiger partial charge in [0.05, 0.1) is 24.2 Å². The number of carbonyl (C=O) groups excluding carboxylic acids is 1. The van der Waals surface area contributed by atoms with Crippen molar-refractivity contribution in [1.29, 1.82) is 0 Å². The van der Waals surface area contributed by atoms with Crippen molar-refractivity contribution in [1.82, 2.24) is 19.3 Å². The molecule has 0 saturated carbocycles. The third-order valence-electron chi connectivity index (χ3n) is 5.84. The SMILES string of the molecule is COc1cccc(-c2cc(C(=O)Nc3ccccc3-c3cn4c(n3)CCCC4)n(C)n2)c1. The molecule has 0 atom stereocenters. The van der Waals surface area contributed by atoms with Crippen LogP contribution < -0.4 is 10.1 Å². The number of imidazole rings is 1. The number of aryl methyl sites for hydroxylation is 3. The first-order valence-corrected chi connectivity index (χ1v) is 10.8. The summed E-state index contributed by atoms with van der Waals surface area (Å²) in [5, 5.41) is 7.59. The fourth-order valence-electron chi connectivity index (χ4n) is 4.15. The van der Waals surface area contributed by atoms with Crippen molar-refractivity contribution in [2.75, 3.05) is 12.4 Å². The van der Waals surface area contributed by atoms with Crippen LogP contribution in [0.25, 0.3) is 22.5 Å². The van der Waals surface area contributed by atoms with Gasteiger partial charge in [0.2, 0.25) is 0 Å². The molecule has 1 amide bonds. The molecule has 2 aromatic carbocycles. The number of carbonyl (C=O) groups is 1. The molecule has 5 rings (SSSR count). The number of para-hydroxylation sites is 1. The summed E-state index contributed by atoms with van der Waals surface area (Å²) in [6.07, 6.45) is 5.43. The van der Waals surface area contributed by atoms with Gasteiger partial charge in [-0.05, 0) is 37.1 Å². The second-order valence-electron chi connectivity index (χ2n) is 7.96. The summed E-state index contributed by atoms with van der Waals surface area (Å²) in [6, 6.07) is 17.2. The van der Waals surface area contributed by atoms with Crippen LogP contribution in [0.4, 0.5) is 5.69 Å². The van der Waals surface area contributed by atoms with E-state index in [1.165, 1.54) is 12.8 Å². The van der Waals surface area contributed by atoms with E-state index in [2.05, 4.69) is 21.2 Å². The normalized spacial score (nSPS) is 12.9. The highest BCUT2D eigenvalue weighted by molar-refractivity contribution is 6.05. The van der Waals surface area contributed by atoms with Crippen LogP contribution in [0.1, 0.15) is 29.2 Å². The molecule has 0 fully saturated rings. The lowest BCUT2D eigenvalue weighted by Crippen LogP contribution is -2.16. The van der Waals surface area contributed by atoms with Crippen molar-refractivity contribution in [3.8, 4) is 28.3 Å². The molecular formula is C25H25N5O2. The smallest absolute Gasteiger partial charge is 0.273 e. The predicted octanol–water partition coefficient (Wildman–Crippen LogP) is 4.55. The lowest BCUT2D eigenvalue weighted by atomic mass is 10.1. The molecule has 162 valence electrons. The van der Waals surface area contributed by atoms with Gasteiger partial charge in [0, 0.05) is 37.3 Å². The summed E-state index contributed by atoms with van der Waals surface area (Å²) in [5.41, 5.74) is 4.62. The van der Waals surface area contributed by atoms with Crippen molar-refractivity contribution < 1.29 is 9.53 Å². The van der Waals surface area contributed by atoms with Gasteiger partial charge in [0.1, 0.15) is 17.3 Å². The molecule has 7 heteroatoms. The largest absolute Gasteiger partial charge is 0.497 e. The maximum Gasteiger partial charge on any atom is 0.273 e. The Morgan fingerprint density at radius 1 is 1.06 bits per heavy atom. The van der Waals surface area contributed by atoms with Gasteiger partial charge in [0.25, 0.3) is 5.91 Å². The summed E-state index contributed by atoms with van der Waals surface area (Å²) in [5.74, 6) is 1.64. The van der Waals surface area contributed by atoms with Gasteiger partial charge >= 0.3 is 0 Å². The zero-order valence-electron chi connectivity index (χ0n) is 18.2. The maximum atomic E-state index is 13.2. The lowest BCUT2D eigenvalue weighted by molar-refractivity contribution is 0.101. The zero-order chi connectivity index (χ0) is 22.1. The highest BCUT2D eigenvalue weighted by atomic mass is 16.5. The van der Waals surface area contributed by atoms with Gasteiger partial charge < -0.3 is 14.6 Å². The Morgan fingerprint density at radius 3 is 2.78 bits per heavy atom. The van der Waals surface area contributed by atoms with E-state index in [9.17, 15) is 4.79 Å². The summed E-state index contributed by atoms with van der Waals surface area (Å²) in [7, 11) is 3.40. The summed E-state index contributed by atoms with van der Waals surface area (Å²) in [6.45, 7) is 0.999. The number of nitrogens with zero attached hydrogens (tertiary/aromatic N) is 4. The number of ether oxygens (including phenoxy) is 1. The monoisotopic (exact) mass is 427 g/mol. The summed E-state index contributed by atoms with van der Waals surface area (Å²) >= 11 is 0. The number of methoxy groups -OCH3 is 1. The third kappa shape index (κ3) is 3.77. The minimum atomic E-state index is -0.217. The number of anilines is 1. The molecule has 0 aliphatic carbocycles. The van der Waals surface area contributed by atoms with E-state index in [1.807, 2.05) is 48.5 Å². The average molecular weight is 428 g/mol. The number of hydrogen-bond acceptors (Lipinski definition) is 4. The van der Waals surface area contributed by atoms with Crippen LogP contribution in [0.15, 0.2) is 60.8 Å². The fraction of sp³-hybridized carbons (Fsp3) is 0.240. The van der Waals surface area contributed by atoms with E-state index >= 15 is 0 Å². The molecule has 4 aromatic rings. The molecule has 0 bridgehead atoms. The Labute approximate surface area is 186 Å². The van der Waals surface area contributed by atoms with Crippen molar-refractivity contribution in [3.63, 3.8) is 0 Å². The Kier molecular flexibility index (Phi) is 5.23. The van der Waals surface area contributed by atoms with E-state index in [0.29, 0.717) is 11.4 Å². The molecule has 7 nitrogen and oxygen atoms in total. The van der Waals surface area contributed by atoms with Crippen LogP contribution in [0, 0.1) is 0 Å². The molecule has 0 spiro atoms. The lowest BCUT2D eigenvalue weighted by Gasteiger charge is -2.11. The fourth-order valence-corrected chi connectivity index (χ4v) is 4.15. The van der Waals surface area contributed by atoms with E-state index in [-0.39, 0.29) is 5.91 Å². The number of fused-ring (bicyclic) bond motifs is 1. The van der Waals surface area contributed by atoms with Crippen molar-refractivity contribution in [2.45, 2.75) is 25.8 Å². The number of aromatic nitrogens is 4. The molecule has 1 N–H and O–H groups in total. The topological polar surface area (TPSA) is 74.0 Å². The van der Waals surface area contributed by atoms with Crippen molar-refractivity contribution >= 4 is 11.6 Å². The average Bonchev–Trinajstić information content (AvgIpc) is 3.43. The third-order valence-corrected chi connectivity index (χ3v) is 5.84. The maximum absolute atomic E-state index is 13.2. The Morgan fingerprint density at radius 2 is 1.94 bits per heavy atom. The summed E-state index contributed by atoms with van der Waals surface area (Å²) in [4.78, 5) is 18.0. The minimum Gasteiger partial charge on any atom is -0.497 e. The van der Waals surface area contributed by atoms with Crippen LogP contribution >= 0.6 is 0 Å². The Hall–Kier alpha value is -3.87. The molecular weight excluding hydrogens is 402 g/mol. The standard InChI is InChI=1S/C25H25N5O2/c1-29-23(15-21(28-29)17-8-7-9-18(14-17)32-2)25(31)27-20-11-4-3-10-19(20)22-16-30-13-6-5-12-24(30)26-22/h3-4,7-11,14-16H,5-6,12-13H2,1-2H3,(H,27,31). The molecule has 2 aromatic heterocycles. The van der Waals surface area contributed by atoms with Gasteiger partial charge in [0.15, 0.2) is 0 Å². The minimum absolute atomic E-state index is 0.217. The highest BCUT2D eigenvalue weighted by Gasteiger charge is 2.19. The van der Waals surface area contributed by atoms with E-state index < -0.39 is 0 Å². The van der Waals surface area contributed by atoms with Crippen LogP contribution in [0.3, 0.4) is 0 Å². The second kappa shape index (κ2) is 8.34. The van der Waals surface area contributed by atoms with E-state index in [0.717, 1.165) is 47.0 Å². The first-order valence-electron chi connectivity index (χ1n) is 10.8. The number of amides is 1. The van der Waals surface area contributed by atoms with Crippen molar-refractivity contribution in [2.24, 2.45) is 7.05 Å². The van der Waals surface area contributed by atoms with Gasteiger partial charge in [-0.1, -0.05) is 30.3 Å². The number of rotatable bonds is 5. The van der Waals surface area contributed by atoms with Crippen LogP contribution in [0.5, 0.6) is 5.75 Å². The Bertz CT molecular complexity index is 1260. The zero-order valence-corrected chi connectivity index (χ0v) is 18.2. The predicted molar refractivity (Wildman–Crippen MR) is 124 cm³/mol. The summed E-state index contributed by atoms with van der Waals surface area (Å²) < 4.78 is 9.12. The molecule has 0 unspecified atom stereocenters. The Balaban J connectivity index is 1.43. The van der Waals surface area contributed by atoms with Crippen LogP contribution in [0.2, 0.25) is 0 Å². The first kappa shape index (κ1) is 20.1. The van der Waals surface area contributed by atoms with Crippen LogP contribution in [-0.2, 0) is 20.0 Å². The molecule has 1 aliphatic rings.